The van der Waals surface area contributed by atoms with Crippen LogP contribution in [-0.2, 0) is 12.0 Å². The summed E-state index contributed by atoms with van der Waals surface area (Å²) in [5, 5.41) is 11.0. The van der Waals surface area contributed by atoms with E-state index in [4.69, 9.17) is 0 Å². The molecule has 1 aliphatic carbocycles. The number of likely N-dealkylation sites (tertiary alicyclic amines) is 1. The predicted octanol–water partition coefficient (Wildman–Crippen LogP) is 4.88. The number of hydrogen-bond donors (Lipinski definition) is 1. The molecule has 1 heterocycles. The molecular weight excluding hydrogens is 354 g/mol. The zero-order valence-corrected chi connectivity index (χ0v) is 16.8. The Morgan fingerprint density at radius 1 is 0.759 bits per heavy atom. The van der Waals surface area contributed by atoms with E-state index in [2.05, 4.69) is 95.9 Å². The first-order valence-corrected chi connectivity index (χ1v) is 10.8. The van der Waals surface area contributed by atoms with E-state index in [-0.39, 0.29) is 11.5 Å². The third kappa shape index (κ3) is 3.31. The van der Waals surface area contributed by atoms with Crippen molar-refractivity contribution in [2.24, 2.45) is 11.8 Å². The number of benzene rings is 3. The van der Waals surface area contributed by atoms with Crippen LogP contribution in [0.2, 0.25) is 0 Å². The van der Waals surface area contributed by atoms with Crippen LogP contribution in [0.15, 0.2) is 91.0 Å². The van der Waals surface area contributed by atoms with Gasteiger partial charge in [-0.15, -0.1) is 0 Å². The van der Waals surface area contributed by atoms with E-state index in [9.17, 15) is 5.11 Å². The standard InChI is InChI=1S/C27H29NO/c29-26-16-17-27(22-12-6-2-7-13-22,23-14-8-3-9-15-23)25-20-28(19-24(25)26)18-21-10-4-1-5-11-21/h1-15,24-26,29H,16-20H2/t24?,25-,26-/m1/s1. The number of hydrogen-bond acceptors (Lipinski definition) is 2. The first kappa shape index (κ1) is 18.6. The van der Waals surface area contributed by atoms with Crippen molar-refractivity contribution in [3.05, 3.63) is 108 Å². The molecule has 0 spiro atoms. The van der Waals surface area contributed by atoms with Gasteiger partial charge in [0.15, 0.2) is 0 Å². The van der Waals surface area contributed by atoms with Crippen LogP contribution in [0.1, 0.15) is 29.5 Å². The van der Waals surface area contributed by atoms with Crippen molar-refractivity contribution in [3.63, 3.8) is 0 Å². The van der Waals surface area contributed by atoms with Crippen LogP contribution in [0, 0.1) is 11.8 Å². The van der Waals surface area contributed by atoms with Gasteiger partial charge in [0.25, 0.3) is 0 Å². The van der Waals surface area contributed by atoms with Crippen LogP contribution in [0.25, 0.3) is 0 Å². The molecular formula is C27H29NO. The van der Waals surface area contributed by atoms with Gasteiger partial charge in [0.2, 0.25) is 0 Å². The topological polar surface area (TPSA) is 23.5 Å². The lowest BCUT2D eigenvalue weighted by atomic mass is 9.56. The Bertz CT molecular complexity index is 885. The average Bonchev–Trinajstić information content (AvgIpc) is 3.21. The van der Waals surface area contributed by atoms with Gasteiger partial charge in [-0.2, -0.15) is 0 Å². The SMILES string of the molecule is O[C@@H]1CCC(c2ccccc2)(c2ccccc2)[C@@H]2CN(Cc3ccccc3)CC12. The van der Waals surface area contributed by atoms with Gasteiger partial charge in [0, 0.05) is 31.0 Å². The maximum absolute atomic E-state index is 11.0. The molecule has 0 amide bonds. The summed E-state index contributed by atoms with van der Waals surface area (Å²) in [6, 6.07) is 32.8. The summed E-state index contributed by atoms with van der Waals surface area (Å²) >= 11 is 0. The molecule has 1 saturated heterocycles. The third-order valence-corrected chi connectivity index (χ3v) is 7.23. The van der Waals surface area contributed by atoms with Gasteiger partial charge in [0.05, 0.1) is 6.10 Å². The second kappa shape index (κ2) is 7.78. The van der Waals surface area contributed by atoms with Crippen LogP contribution in [0.3, 0.4) is 0 Å². The molecule has 3 aromatic rings. The summed E-state index contributed by atoms with van der Waals surface area (Å²) in [5.74, 6) is 0.729. The van der Waals surface area contributed by atoms with E-state index in [0.717, 1.165) is 32.5 Å². The monoisotopic (exact) mass is 383 g/mol. The highest BCUT2D eigenvalue weighted by molar-refractivity contribution is 5.42. The second-order valence-electron chi connectivity index (χ2n) is 8.76. The largest absolute Gasteiger partial charge is 0.393 e. The Labute approximate surface area is 173 Å². The van der Waals surface area contributed by atoms with Gasteiger partial charge in [-0.3, -0.25) is 4.90 Å². The Balaban J connectivity index is 1.55. The van der Waals surface area contributed by atoms with Crippen LogP contribution in [0.4, 0.5) is 0 Å². The molecule has 148 valence electrons. The van der Waals surface area contributed by atoms with E-state index in [1.165, 1.54) is 16.7 Å². The highest BCUT2D eigenvalue weighted by atomic mass is 16.3. The molecule has 1 aliphatic heterocycles. The van der Waals surface area contributed by atoms with Gasteiger partial charge >= 0.3 is 0 Å². The first-order chi connectivity index (χ1) is 14.3. The summed E-state index contributed by atoms with van der Waals surface area (Å²) in [6.07, 6.45) is 1.66. The molecule has 2 nitrogen and oxygen atoms in total. The van der Waals surface area contributed by atoms with Crippen LogP contribution in [-0.4, -0.2) is 29.2 Å². The van der Waals surface area contributed by atoms with Gasteiger partial charge in [-0.1, -0.05) is 91.0 Å². The van der Waals surface area contributed by atoms with Crippen LogP contribution in [0.5, 0.6) is 0 Å². The number of nitrogens with zero attached hydrogens (tertiary/aromatic N) is 1. The fraction of sp³-hybridized carbons (Fsp3) is 0.333. The van der Waals surface area contributed by atoms with Gasteiger partial charge in [-0.25, -0.2) is 0 Å². The molecule has 0 bridgehead atoms. The molecule has 3 aromatic carbocycles. The summed E-state index contributed by atoms with van der Waals surface area (Å²) in [5.41, 5.74) is 4.12. The Kier molecular flexibility index (Phi) is 4.99. The first-order valence-electron chi connectivity index (χ1n) is 10.8. The van der Waals surface area contributed by atoms with E-state index in [0.29, 0.717) is 11.8 Å². The predicted molar refractivity (Wildman–Crippen MR) is 118 cm³/mol. The fourth-order valence-corrected chi connectivity index (χ4v) is 5.92. The van der Waals surface area contributed by atoms with Crippen molar-refractivity contribution < 1.29 is 5.11 Å². The van der Waals surface area contributed by atoms with E-state index in [1.54, 1.807) is 0 Å². The molecule has 29 heavy (non-hydrogen) atoms. The normalized spacial score (nSPS) is 26.2. The fourth-order valence-electron chi connectivity index (χ4n) is 5.92. The highest BCUT2D eigenvalue weighted by Crippen LogP contribution is 2.53. The zero-order chi connectivity index (χ0) is 19.7. The Morgan fingerprint density at radius 3 is 1.90 bits per heavy atom. The average molecular weight is 384 g/mol. The molecule has 0 aromatic heterocycles. The molecule has 3 atom stereocenters. The number of fused-ring (bicyclic) bond motifs is 1. The molecule has 1 unspecified atom stereocenters. The number of rotatable bonds is 4. The molecule has 0 radical (unpaired) electrons. The van der Waals surface area contributed by atoms with Crippen molar-refractivity contribution >= 4 is 0 Å². The molecule has 5 rings (SSSR count). The number of aliphatic hydroxyl groups excluding tert-OH is 1. The summed E-state index contributed by atoms with van der Waals surface area (Å²) < 4.78 is 0. The summed E-state index contributed by atoms with van der Waals surface area (Å²) in [7, 11) is 0. The smallest absolute Gasteiger partial charge is 0.0584 e. The van der Waals surface area contributed by atoms with E-state index in [1.807, 2.05) is 0 Å². The quantitative estimate of drug-likeness (QED) is 0.694. The molecule has 1 saturated carbocycles. The Hall–Kier alpha value is -2.42. The zero-order valence-electron chi connectivity index (χ0n) is 16.8. The van der Waals surface area contributed by atoms with E-state index < -0.39 is 0 Å². The lowest BCUT2D eigenvalue weighted by Gasteiger charge is -2.48. The van der Waals surface area contributed by atoms with Gasteiger partial charge in [-0.05, 0) is 35.4 Å². The van der Waals surface area contributed by atoms with Gasteiger partial charge < -0.3 is 5.11 Å². The lowest BCUT2D eigenvalue weighted by molar-refractivity contribution is 0.0234. The van der Waals surface area contributed by atoms with Crippen LogP contribution >= 0.6 is 0 Å². The van der Waals surface area contributed by atoms with Crippen LogP contribution < -0.4 is 0 Å². The van der Waals surface area contributed by atoms with Crippen molar-refractivity contribution in [3.8, 4) is 0 Å². The maximum Gasteiger partial charge on any atom is 0.0584 e. The van der Waals surface area contributed by atoms with Gasteiger partial charge in [0.1, 0.15) is 0 Å². The van der Waals surface area contributed by atoms with E-state index >= 15 is 0 Å². The molecule has 2 aliphatic rings. The molecule has 2 fully saturated rings. The minimum Gasteiger partial charge on any atom is -0.393 e. The summed E-state index contributed by atoms with van der Waals surface area (Å²) in [4.78, 5) is 2.56. The molecule has 2 heteroatoms. The summed E-state index contributed by atoms with van der Waals surface area (Å²) in [6.45, 7) is 2.96. The third-order valence-electron chi connectivity index (χ3n) is 7.23. The Morgan fingerprint density at radius 2 is 1.31 bits per heavy atom. The van der Waals surface area contributed by atoms with Crippen molar-refractivity contribution in [2.45, 2.75) is 30.9 Å². The second-order valence-corrected chi connectivity index (χ2v) is 8.76. The highest BCUT2D eigenvalue weighted by Gasteiger charge is 2.54. The number of aliphatic hydroxyl groups is 1. The van der Waals surface area contributed by atoms with Crippen molar-refractivity contribution in [1.82, 2.24) is 4.90 Å². The maximum atomic E-state index is 11.0. The molecule has 1 N–H and O–H groups in total. The van der Waals surface area contributed by atoms with Crippen molar-refractivity contribution in [2.75, 3.05) is 13.1 Å². The lowest BCUT2D eigenvalue weighted by Crippen LogP contribution is -2.48. The minimum absolute atomic E-state index is 0.0299. The minimum atomic E-state index is -0.207. The van der Waals surface area contributed by atoms with Crippen molar-refractivity contribution in [1.29, 1.82) is 0 Å².